The molecule has 0 aromatic heterocycles. The highest BCUT2D eigenvalue weighted by Gasteiger charge is 2.23. The number of hydrogen-bond acceptors (Lipinski definition) is 4. The van der Waals surface area contributed by atoms with Gasteiger partial charge in [-0.05, 0) is 43.0 Å². The van der Waals surface area contributed by atoms with Crippen LogP contribution >= 0.6 is 0 Å². The molecule has 0 bridgehead atoms. The Morgan fingerprint density at radius 2 is 1.92 bits per heavy atom. The van der Waals surface area contributed by atoms with E-state index in [1.54, 1.807) is 7.11 Å². The zero-order valence-corrected chi connectivity index (χ0v) is 15.2. The molecule has 1 aromatic rings. The molecule has 0 unspecified atom stereocenters. The summed E-state index contributed by atoms with van der Waals surface area (Å²) < 4.78 is 5.17. The summed E-state index contributed by atoms with van der Waals surface area (Å²) in [5.74, 6) is 0.871. The van der Waals surface area contributed by atoms with E-state index in [1.165, 1.54) is 12.8 Å². The molecule has 3 N–H and O–H groups in total. The SMILES string of the molecule is COc1ccc(N(CCC(N)=O)CC(=O)N[C@@H]2CCCC[C@@H]2C)cc1. The molecule has 0 heterocycles. The number of amides is 2. The van der Waals surface area contributed by atoms with Gasteiger partial charge in [0.05, 0.1) is 13.7 Å². The molecule has 0 spiro atoms. The molecule has 2 rings (SSSR count). The fourth-order valence-electron chi connectivity index (χ4n) is 3.29. The van der Waals surface area contributed by atoms with Crippen molar-refractivity contribution in [3.05, 3.63) is 24.3 Å². The number of carbonyl (C=O) groups is 2. The normalized spacial score (nSPS) is 19.9. The topological polar surface area (TPSA) is 84.7 Å². The molecule has 1 fully saturated rings. The summed E-state index contributed by atoms with van der Waals surface area (Å²) >= 11 is 0. The van der Waals surface area contributed by atoms with E-state index in [0.717, 1.165) is 24.3 Å². The van der Waals surface area contributed by atoms with E-state index >= 15 is 0 Å². The lowest BCUT2D eigenvalue weighted by Crippen LogP contribution is -2.46. The molecule has 6 heteroatoms. The lowest BCUT2D eigenvalue weighted by atomic mass is 9.86. The summed E-state index contributed by atoms with van der Waals surface area (Å²) in [6.45, 7) is 2.82. The van der Waals surface area contributed by atoms with Crippen LogP contribution in [0.15, 0.2) is 24.3 Å². The number of methoxy groups -OCH3 is 1. The van der Waals surface area contributed by atoms with Gasteiger partial charge >= 0.3 is 0 Å². The Balaban J connectivity index is 2.00. The Bertz CT molecular complexity index is 574. The number of nitrogens with one attached hydrogen (secondary N) is 1. The molecule has 0 saturated heterocycles. The fourth-order valence-corrected chi connectivity index (χ4v) is 3.29. The molecular weight excluding hydrogens is 318 g/mol. The third-order valence-corrected chi connectivity index (χ3v) is 4.86. The van der Waals surface area contributed by atoms with E-state index in [9.17, 15) is 9.59 Å². The summed E-state index contributed by atoms with van der Waals surface area (Å²) in [6, 6.07) is 7.70. The van der Waals surface area contributed by atoms with E-state index in [1.807, 2.05) is 29.2 Å². The second-order valence-corrected chi connectivity index (χ2v) is 6.77. The number of benzene rings is 1. The minimum Gasteiger partial charge on any atom is -0.497 e. The van der Waals surface area contributed by atoms with Gasteiger partial charge in [-0.1, -0.05) is 19.8 Å². The van der Waals surface area contributed by atoms with Crippen molar-refractivity contribution in [1.29, 1.82) is 0 Å². The fraction of sp³-hybridized carbons (Fsp3) is 0.579. The zero-order valence-electron chi connectivity index (χ0n) is 15.2. The highest BCUT2D eigenvalue weighted by molar-refractivity contribution is 5.82. The van der Waals surface area contributed by atoms with Gasteiger partial charge in [0, 0.05) is 24.7 Å². The van der Waals surface area contributed by atoms with Gasteiger partial charge in [-0.25, -0.2) is 0 Å². The van der Waals surface area contributed by atoms with Crippen LogP contribution in [0.3, 0.4) is 0 Å². The molecule has 0 radical (unpaired) electrons. The first kappa shape index (κ1) is 19.1. The average molecular weight is 347 g/mol. The number of anilines is 1. The third kappa shape index (κ3) is 5.96. The number of ether oxygens (including phenoxy) is 1. The van der Waals surface area contributed by atoms with Crippen LogP contribution in [0, 0.1) is 5.92 Å². The maximum absolute atomic E-state index is 12.5. The smallest absolute Gasteiger partial charge is 0.239 e. The lowest BCUT2D eigenvalue weighted by Gasteiger charge is -2.31. The van der Waals surface area contributed by atoms with Crippen molar-refractivity contribution in [1.82, 2.24) is 5.32 Å². The summed E-state index contributed by atoms with van der Waals surface area (Å²) in [5, 5.41) is 3.16. The monoisotopic (exact) mass is 347 g/mol. The van der Waals surface area contributed by atoms with Crippen molar-refractivity contribution in [2.45, 2.75) is 45.1 Å². The van der Waals surface area contributed by atoms with Crippen molar-refractivity contribution in [2.75, 3.05) is 25.1 Å². The molecule has 2 atom stereocenters. The van der Waals surface area contributed by atoms with Gasteiger partial charge < -0.3 is 20.7 Å². The Morgan fingerprint density at radius 1 is 1.24 bits per heavy atom. The average Bonchev–Trinajstić information content (AvgIpc) is 2.60. The van der Waals surface area contributed by atoms with Gasteiger partial charge in [-0.2, -0.15) is 0 Å². The maximum atomic E-state index is 12.5. The third-order valence-electron chi connectivity index (χ3n) is 4.86. The predicted molar refractivity (Wildman–Crippen MR) is 98.6 cm³/mol. The summed E-state index contributed by atoms with van der Waals surface area (Å²) in [4.78, 5) is 25.6. The number of nitrogens with two attached hydrogens (primary N) is 1. The van der Waals surface area contributed by atoms with Crippen molar-refractivity contribution < 1.29 is 14.3 Å². The molecule has 1 aromatic carbocycles. The van der Waals surface area contributed by atoms with E-state index in [0.29, 0.717) is 12.5 Å². The first-order valence-corrected chi connectivity index (χ1v) is 8.96. The van der Waals surface area contributed by atoms with Crippen LogP contribution in [0.5, 0.6) is 5.75 Å². The minimum atomic E-state index is -0.375. The molecule has 0 aliphatic heterocycles. The van der Waals surface area contributed by atoms with Crippen LogP contribution in [0.25, 0.3) is 0 Å². The van der Waals surface area contributed by atoms with E-state index in [2.05, 4.69) is 12.2 Å². The van der Waals surface area contributed by atoms with Crippen LogP contribution in [-0.4, -0.2) is 38.1 Å². The standard InChI is InChI=1S/C19H29N3O3/c1-14-5-3-4-6-17(14)21-19(24)13-22(12-11-18(20)23)15-7-9-16(25-2)10-8-15/h7-10,14,17H,3-6,11-13H2,1-2H3,(H2,20,23)(H,21,24)/t14-,17+/m0/s1. The van der Waals surface area contributed by atoms with Crippen LogP contribution in [0.4, 0.5) is 5.69 Å². The van der Waals surface area contributed by atoms with Crippen LogP contribution in [0.1, 0.15) is 39.0 Å². The first-order chi connectivity index (χ1) is 12.0. The Morgan fingerprint density at radius 3 is 2.52 bits per heavy atom. The Hall–Kier alpha value is -2.24. The van der Waals surface area contributed by atoms with Gasteiger partial charge in [-0.15, -0.1) is 0 Å². The molecular formula is C19H29N3O3. The number of nitrogens with zero attached hydrogens (tertiary/aromatic N) is 1. The Kier molecular flexibility index (Phi) is 7.10. The molecule has 138 valence electrons. The van der Waals surface area contributed by atoms with Crippen LogP contribution < -0.4 is 20.7 Å². The van der Waals surface area contributed by atoms with Gasteiger partial charge in [0.2, 0.25) is 11.8 Å². The number of rotatable bonds is 8. The lowest BCUT2D eigenvalue weighted by molar-refractivity contribution is -0.121. The highest BCUT2D eigenvalue weighted by atomic mass is 16.5. The van der Waals surface area contributed by atoms with Gasteiger partial charge in [0.15, 0.2) is 0 Å². The highest BCUT2D eigenvalue weighted by Crippen LogP contribution is 2.24. The molecule has 1 aliphatic rings. The zero-order chi connectivity index (χ0) is 18.2. The summed E-state index contributed by atoms with van der Waals surface area (Å²) in [7, 11) is 1.61. The number of primary amides is 1. The van der Waals surface area contributed by atoms with Crippen LogP contribution in [0.2, 0.25) is 0 Å². The van der Waals surface area contributed by atoms with Crippen molar-refractivity contribution in [2.24, 2.45) is 11.7 Å². The van der Waals surface area contributed by atoms with E-state index in [4.69, 9.17) is 10.5 Å². The Labute approximate surface area is 149 Å². The van der Waals surface area contributed by atoms with Gasteiger partial charge in [0.25, 0.3) is 0 Å². The first-order valence-electron chi connectivity index (χ1n) is 8.96. The van der Waals surface area contributed by atoms with Crippen molar-refractivity contribution >= 4 is 17.5 Å². The maximum Gasteiger partial charge on any atom is 0.239 e. The predicted octanol–water partition coefficient (Wildman–Crippen LogP) is 2.07. The molecule has 2 amide bonds. The minimum absolute atomic E-state index is 0.0148. The quantitative estimate of drug-likeness (QED) is 0.754. The summed E-state index contributed by atoms with van der Waals surface area (Å²) in [6.07, 6.45) is 4.81. The van der Waals surface area contributed by atoms with Crippen LogP contribution in [-0.2, 0) is 9.59 Å². The second kappa shape index (κ2) is 9.30. The molecule has 1 saturated carbocycles. The number of hydrogen-bond donors (Lipinski definition) is 2. The summed E-state index contributed by atoms with van der Waals surface area (Å²) in [5.41, 5.74) is 6.15. The number of carbonyl (C=O) groups excluding carboxylic acids is 2. The molecule has 6 nitrogen and oxygen atoms in total. The molecule has 25 heavy (non-hydrogen) atoms. The van der Waals surface area contributed by atoms with Crippen molar-refractivity contribution in [3.63, 3.8) is 0 Å². The van der Waals surface area contributed by atoms with Gasteiger partial charge in [0.1, 0.15) is 5.75 Å². The van der Waals surface area contributed by atoms with E-state index < -0.39 is 0 Å². The largest absolute Gasteiger partial charge is 0.497 e. The van der Waals surface area contributed by atoms with Gasteiger partial charge in [-0.3, -0.25) is 9.59 Å². The molecule has 1 aliphatic carbocycles. The van der Waals surface area contributed by atoms with E-state index in [-0.39, 0.29) is 30.8 Å². The second-order valence-electron chi connectivity index (χ2n) is 6.77. The van der Waals surface area contributed by atoms with Crippen molar-refractivity contribution in [3.8, 4) is 5.75 Å².